The third-order valence-corrected chi connectivity index (χ3v) is 2.68. The van der Waals surface area contributed by atoms with E-state index < -0.39 is 17.0 Å². The Morgan fingerprint density at radius 1 is 1.28 bits per heavy atom. The molecular weight excluding hydrogens is 226 g/mol. The van der Waals surface area contributed by atoms with Crippen LogP contribution in [0.25, 0.3) is 5.57 Å². The van der Waals surface area contributed by atoms with Gasteiger partial charge in [0.25, 0.3) is 0 Å². The highest BCUT2D eigenvalue weighted by atomic mass is 16.6. The number of rotatable bonds is 2. The monoisotopic (exact) mass is 241 g/mol. The smallest absolute Gasteiger partial charge is 0.335 e. The van der Waals surface area contributed by atoms with Crippen molar-refractivity contribution in [3.05, 3.63) is 42.0 Å². The Bertz CT molecular complexity index is 546. The van der Waals surface area contributed by atoms with Gasteiger partial charge in [0.2, 0.25) is 0 Å². The predicted octanol–water partition coefficient (Wildman–Crippen LogP) is 2.94. The van der Waals surface area contributed by atoms with Crippen molar-refractivity contribution >= 4 is 11.5 Å². The van der Waals surface area contributed by atoms with Gasteiger partial charge in [-0.2, -0.15) is 5.26 Å². The Morgan fingerprint density at radius 2 is 1.89 bits per heavy atom. The Labute approximate surface area is 107 Å². The second-order valence-electron chi connectivity index (χ2n) is 5.35. The lowest BCUT2D eigenvalue weighted by Gasteiger charge is -2.22. The summed E-state index contributed by atoms with van der Waals surface area (Å²) in [5.41, 5.74) is -0.141. The zero-order chi connectivity index (χ0) is 13.4. The maximum atomic E-state index is 12.1. The van der Waals surface area contributed by atoms with Gasteiger partial charge in [-0.05, 0) is 38.0 Å². The maximum Gasteiger partial charge on any atom is 0.335 e. The summed E-state index contributed by atoms with van der Waals surface area (Å²) in [6, 6.07) is 11.5. The van der Waals surface area contributed by atoms with Gasteiger partial charge in [-0.3, -0.25) is 0 Å². The van der Waals surface area contributed by atoms with Crippen LogP contribution in [0.4, 0.5) is 0 Å². The van der Waals surface area contributed by atoms with Gasteiger partial charge in [0, 0.05) is 0 Å². The van der Waals surface area contributed by atoms with Crippen LogP contribution in [-0.4, -0.2) is 11.6 Å². The van der Waals surface area contributed by atoms with Crippen molar-refractivity contribution in [3.63, 3.8) is 0 Å². The van der Waals surface area contributed by atoms with Crippen LogP contribution < -0.4 is 0 Å². The quantitative estimate of drug-likeness (QED) is 0.748. The molecule has 0 aliphatic heterocycles. The van der Waals surface area contributed by atoms with E-state index >= 15 is 0 Å². The first-order valence-electron chi connectivity index (χ1n) is 5.82. The van der Waals surface area contributed by atoms with Crippen molar-refractivity contribution in [2.75, 3.05) is 0 Å². The lowest BCUT2D eigenvalue weighted by Crippen LogP contribution is -2.30. The number of esters is 1. The number of carbonyl (C=O) groups is 1. The number of benzene rings is 1. The summed E-state index contributed by atoms with van der Waals surface area (Å²) in [6.45, 7) is 5.38. The molecular formula is C15H15NO2. The third-order valence-electron chi connectivity index (χ3n) is 2.68. The summed E-state index contributed by atoms with van der Waals surface area (Å²) < 4.78 is 5.29. The molecule has 0 amide bonds. The van der Waals surface area contributed by atoms with Gasteiger partial charge in [0.05, 0.1) is 6.07 Å². The van der Waals surface area contributed by atoms with E-state index in [-0.39, 0.29) is 0 Å². The van der Waals surface area contributed by atoms with Crippen LogP contribution >= 0.6 is 0 Å². The summed E-state index contributed by atoms with van der Waals surface area (Å²) in [6.07, 6.45) is 1.66. The molecule has 0 saturated heterocycles. The molecule has 0 saturated carbocycles. The molecule has 1 unspecified atom stereocenters. The largest absolute Gasteiger partial charge is 0.458 e. The van der Waals surface area contributed by atoms with Crippen molar-refractivity contribution < 1.29 is 9.53 Å². The van der Waals surface area contributed by atoms with Crippen LogP contribution in [-0.2, 0) is 9.53 Å². The van der Waals surface area contributed by atoms with Crippen LogP contribution in [0.3, 0.4) is 0 Å². The number of ether oxygens (including phenoxy) is 1. The molecule has 1 atom stereocenters. The summed E-state index contributed by atoms with van der Waals surface area (Å²) in [7, 11) is 0. The summed E-state index contributed by atoms with van der Waals surface area (Å²) in [5.74, 6) is -0.489. The molecule has 1 aromatic carbocycles. The van der Waals surface area contributed by atoms with Crippen molar-refractivity contribution in [2.24, 2.45) is 5.41 Å². The summed E-state index contributed by atoms with van der Waals surface area (Å²) >= 11 is 0. The van der Waals surface area contributed by atoms with Gasteiger partial charge < -0.3 is 4.74 Å². The van der Waals surface area contributed by atoms with Crippen LogP contribution in [0.1, 0.15) is 26.3 Å². The van der Waals surface area contributed by atoms with E-state index in [0.29, 0.717) is 0 Å². The Balaban J connectivity index is 2.19. The van der Waals surface area contributed by atoms with Gasteiger partial charge in [0.15, 0.2) is 5.41 Å². The summed E-state index contributed by atoms with van der Waals surface area (Å²) in [5, 5.41) is 9.25. The van der Waals surface area contributed by atoms with Gasteiger partial charge >= 0.3 is 5.97 Å². The molecule has 1 aliphatic rings. The molecule has 3 heteroatoms. The van der Waals surface area contributed by atoms with Gasteiger partial charge in [-0.25, -0.2) is 4.79 Å². The number of carbonyl (C=O) groups excluding carboxylic acids is 1. The van der Waals surface area contributed by atoms with Crippen LogP contribution in [0.2, 0.25) is 0 Å². The van der Waals surface area contributed by atoms with Crippen LogP contribution in [0, 0.1) is 16.7 Å². The molecule has 0 fully saturated rings. The standard InChI is InChI=1S/C15H15NO2/c1-14(2,3)18-13(17)15(10-16)9-12(15)11-7-5-4-6-8-11/h4-9H,1-3H3. The Morgan fingerprint density at radius 3 is 2.39 bits per heavy atom. The minimum Gasteiger partial charge on any atom is -0.458 e. The number of nitrogens with zero attached hydrogens (tertiary/aromatic N) is 1. The minimum absolute atomic E-state index is 0.489. The Hall–Kier alpha value is -2.08. The highest BCUT2D eigenvalue weighted by molar-refractivity contribution is 6.09. The van der Waals surface area contributed by atoms with E-state index in [2.05, 4.69) is 6.07 Å². The first kappa shape index (κ1) is 12.4. The summed E-state index contributed by atoms with van der Waals surface area (Å²) in [4.78, 5) is 12.1. The highest BCUT2D eigenvalue weighted by Crippen LogP contribution is 2.51. The van der Waals surface area contributed by atoms with Gasteiger partial charge in [-0.1, -0.05) is 30.3 Å². The number of hydrogen-bond acceptors (Lipinski definition) is 3. The molecule has 0 bridgehead atoms. The first-order valence-corrected chi connectivity index (χ1v) is 5.82. The van der Waals surface area contributed by atoms with Gasteiger partial charge in [0.1, 0.15) is 5.60 Å². The first-order chi connectivity index (χ1) is 8.39. The van der Waals surface area contributed by atoms with E-state index in [1.807, 2.05) is 30.3 Å². The molecule has 0 aromatic heterocycles. The molecule has 1 aromatic rings. The van der Waals surface area contributed by atoms with Gasteiger partial charge in [-0.15, -0.1) is 0 Å². The molecule has 18 heavy (non-hydrogen) atoms. The number of hydrogen-bond donors (Lipinski definition) is 0. The van der Waals surface area contributed by atoms with Crippen molar-refractivity contribution in [2.45, 2.75) is 26.4 Å². The fourth-order valence-electron chi connectivity index (χ4n) is 1.77. The van der Waals surface area contributed by atoms with Crippen molar-refractivity contribution in [1.29, 1.82) is 5.26 Å². The molecule has 0 heterocycles. The van der Waals surface area contributed by atoms with E-state index in [1.54, 1.807) is 26.8 Å². The van der Waals surface area contributed by atoms with Crippen LogP contribution in [0.5, 0.6) is 0 Å². The van der Waals surface area contributed by atoms with Crippen molar-refractivity contribution in [1.82, 2.24) is 0 Å². The molecule has 0 spiro atoms. The van der Waals surface area contributed by atoms with E-state index in [9.17, 15) is 10.1 Å². The molecule has 92 valence electrons. The highest BCUT2D eigenvalue weighted by Gasteiger charge is 2.54. The topological polar surface area (TPSA) is 50.1 Å². The molecule has 0 N–H and O–H groups in total. The van der Waals surface area contributed by atoms with E-state index in [4.69, 9.17) is 4.74 Å². The lowest BCUT2D eigenvalue weighted by molar-refractivity contribution is -0.157. The van der Waals surface area contributed by atoms with Crippen LogP contribution in [0.15, 0.2) is 36.4 Å². The minimum atomic E-state index is -1.19. The SMILES string of the molecule is CC(C)(C)OC(=O)C1(C#N)C=C1c1ccccc1. The fraction of sp³-hybridized carbons (Fsp3) is 0.333. The number of nitriles is 1. The van der Waals surface area contributed by atoms with Crippen molar-refractivity contribution in [3.8, 4) is 6.07 Å². The molecule has 3 nitrogen and oxygen atoms in total. The molecule has 2 rings (SSSR count). The average molecular weight is 241 g/mol. The predicted molar refractivity (Wildman–Crippen MR) is 68.3 cm³/mol. The van der Waals surface area contributed by atoms with E-state index in [0.717, 1.165) is 11.1 Å². The molecule has 1 aliphatic carbocycles. The zero-order valence-corrected chi connectivity index (χ0v) is 10.7. The fourth-order valence-corrected chi connectivity index (χ4v) is 1.77. The second kappa shape index (κ2) is 3.99. The maximum absolute atomic E-state index is 12.1. The second-order valence-corrected chi connectivity index (χ2v) is 5.35. The third kappa shape index (κ3) is 2.14. The normalized spacial score (nSPS) is 21.8. The Kier molecular flexibility index (Phi) is 2.74. The lowest BCUT2D eigenvalue weighted by atomic mass is 9.98. The average Bonchev–Trinajstić information content (AvgIpc) is 3.04. The van der Waals surface area contributed by atoms with E-state index in [1.165, 1.54) is 0 Å². The molecule has 0 radical (unpaired) electrons. The zero-order valence-electron chi connectivity index (χ0n) is 10.7.